The summed E-state index contributed by atoms with van der Waals surface area (Å²) in [7, 11) is 0. The highest BCUT2D eigenvalue weighted by atomic mass is 16.1. The van der Waals surface area contributed by atoms with E-state index in [0.29, 0.717) is 12.1 Å². The lowest BCUT2D eigenvalue weighted by atomic mass is 10.1. The first-order valence-corrected chi connectivity index (χ1v) is 9.90. The molecule has 148 valence electrons. The normalized spacial score (nSPS) is 12.3. The molecular formula is C24H26N4O. The van der Waals surface area contributed by atoms with Gasteiger partial charge in [-0.05, 0) is 51.0 Å². The fourth-order valence-corrected chi connectivity index (χ4v) is 4.04. The van der Waals surface area contributed by atoms with E-state index in [1.54, 1.807) is 0 Å². The molecule has 0 aliphatic rings. The Labute approximate surface area is 171 Å². The van der Waals surface area contributed by atoms with Crippen LogP contribution < -0.4 is 5.32 Å². The average molecular weight is 386 g/mol. The molecule has 1 aromatic carbocycles. The van der Waals surface area contributed by atoms with Crippen LogP contribution in [0, 0.1) is 20.8 Å². The lowest BCUT2D eigenvalue weighted by Crippen LogP contribution is -2.23. The summed E-state index contributed by atoms with van der Waals surface area (Å²) >= 11 is 0. The van der Waals surface area contributed by atoms with E-state index in [-0.39, 0.29) is 11.9 Å². The number of carbonyl (C=O) groups is 1. The number of carbonyl (C=O) groups excluding carboxylic acids is 1. The number of benzene rings is 1. The molecule has 0 radical (unpaired) electrons. The van der Waals surface area contributed by atoms with Crippen molar-refractivity contribution in [3.63, 3.8) is 0 Å². The van der Waals surface area contributed by atoms with Gasteiger partial charge in [0, 0.05) is 23.8 Å². The quantitative estimate of drug-likeness (QED) is 0.545. The van der Waals surface area contributed by atoms with Crippen molar-refractivity contribution in [3.05, 3.63) is 94.7 Å². The first-order chi connectivity index (χ1) is 14.0. The summed E-state index contributed by atoms with van der Waals surface area (Å²) < 4.78 is 4.21. The molecule has 1 amide bonds. The monoisotopic (exact) mass is 386 g/mol. The number of hydrogen-bond acceptors (Lipinski definition) is 2. The molecule has 1 N–H and O–H groups in total. The molecule has 1 atom stereocenters. The summed E-state index contributed by atoms with van der Waals surface area (Å²) in [5.41, 5.74) is 6.87. The van der Waals surface area contributed by atoms with Crippen LogP contribution in [0.15, 0.2) is 60.9 Å². The molecule has 5 heteroatoms. The Balaban J connectivity index is 1.53. The minimum atomic E-state index is -0.0709. The van der Waals surface area contributed by atoms with Gasteiger partial charge in [-0.1, -0.05) is 36.4 Å². The molecule has 0 saturated carbocycles. The number of rotatable bonds is 5. The van der Waals surface area contributed by atoms with Crippen LogP contribution in [-0.2, 0) is 6.54 Å². The smallest absolute Gasteiger partial charge is 0.253 e. The van der Waals surface area contributed by atoms with Crippen LogP contribution in [0.4, 0.5) is 0 Å². The maximum Gasteiger partial charge on any atom is 0.253 e. The number of imidazole rings is 1. The third kappa shape index (κ3) is 3.56. The first kappa shape index (κ1) is 19.0. The van der Waals surface area contributed by atoms with Crippen molar-refractivity contribution in [2.45, 2.75) is 40.3 Å². The van der Waals surface area contributed by atoms with Gasteiger partial charge in [0.2, 0.25) is 0 Å². The molecule has 3 aromatic heterocycles. The number of fused-ring (bicyclic) bond motifs is 1. The second-order valence-corrected chi connectivity index (χ2v) is 7.58. The summed E-state index contributed by atoms with van der Waals surface area (Å²) in [6.45, 7) is 8.66. The van der Waals surface area contributed by atoms with Crippen LogP contribution in [0.25, 0.3) is 5.65 Å². The van der Waals surface area contributed by atoms with Gasteiger partial charge in [-0.2, -0.15) is 0 Å². The molecule has 4 aromatic rings. The van der Waals surface area contributed by atoms with Crippen molar-refractivity contribution in [1.82, 2.24) is 19.3 Å². The number of nitrogens with one attached hydrogen (secondary N) is 1. The van der Waals surface area contributed by atoms with Gasteiger partial charge in [0.1, 0.15) is 5.65 Å². The molecule has 4 rings (SSSR count). The number of amides is 1. The summed E-state index contributed by atoms with van der Waals surface area (Å²) in [4.78, 5) is 17.5. The average Bonchev–Trinajstić information content (AvgIpc) is 3.27. The van der Waals surface area contributed by atoms with Crippen LogP contribution in [0.2, 0.25) is 0 Å². The molecule has 0 spiro atoms. The van der Waals surface area contributed by atoms with Crippen molar-refractivity contribution in [2.75, 3.05) is 0 Å². The van der Waals surface area contributed by atoms with E-state index in [9.17, 15) is 4.79 Å². The van der Waals surface area contributed by atoms with Crippen molar-refractivity contribution in [2.24, 2.45) is 0 Å². The molecule has 1 unspecified atom stereocenters. The van der Waals surface area contributed by atoms with Gasteiger partial charge in [0.15, 0.2) is 0 Å². The molecule has 0 aliphatic heterocycles. The minimum Gasteiger partial charge on any atom is -0.346 e. The molecular weight excluding hydrogens is 360 g/mol. The zero-order valence-electron chi connectivity index (χ0n) is 17.3. The molecule has 29 heavy (non-hydrogen) atoms. The van der Waals surface area contributed by atoms with E-state index in [1.807, 2.05) is 74.0 Å². The summed E-state index contributed by atoms with van der Waals surface area (Å²) in [5, 5.41) is 3.03. The summed E-state index contributed by atoms with van der Waals surface area (Å²) in [5.74, 6) is -0.0709. The van der Waals surface area contributed by atoms with E-state index in [4.69, 9.17) is 0 Å². The Morgan fingerprint density at radius 1 is 1.10 bits per heavy atom. The Bertz CT molecular complexity index is 1170. The Morgan fingerprint density at radius 2 is 1.86 bits per heavy atom. The Kier molecular flexibility index (Phi) is 4.97. The molecule has 5 nitrogen and oxygen atoms in total. The van der Waals surface area contributed by atoms with Gasteiger partial charge >= 0.3 is 0 Å². The molecule has 0 fully saturated rings. The summed E-state index contributed by atoms with van der Waals surface area (Å²) in [6.07, 6.45) is 3.93. The second-order valence-electron chi connectivity index (χ2n) is 7.58. The van der Waals surface area contributed by atoms with Crippen LogP contribution in [-0.4, -0.2) is 19.9 Å². The van der Waals surface area contributed by atoms with E-state index in [0.717, 1.165) is 28.3 Å². The molecule has 0 bridgehead atoms. The van der Waals surface area contributed by atoms with Gasteiger partial charge in [0.05, 0.1) is 23.8 Å². The zero-order chi connectivity index (χ0) is 20.5. The molecule has 3 heterocycles. The predicted octanol–water partition coefficient (Wildman–Crippen LogP) is 4.60. The van der Waals surface area contributed by atoms with Crippen LogP contribution >= 0.6 is 0 Å². The number of aromatic nitrogens is 3. The first-order valence-electron chi connectivity index (χ1n) is 9.90. The van der Waals surface area contributed by atoms with E-state index < -0.39 is 0 Å². The standard InChI is InChI=1S/C24H26N4O/c1-16-9-8-12-27-15-21(26-23(16)27)14-25-24(29)22-13-17(2)28(19(22)4)18(3)20-10-6-5-7-11-20/h5-13,15,18H,14H2,1-4H3,(H,25,29). The number of aryl methyl sites for hydroxylation is 2. The fourth-order valence-electron chi connectivity index (χ4n) is 4.04. The topological polar surface area (TPSA) is 51.3 Å². The van der Waals surface area contributed by atoms with Gasteiger partial charge in [-0.25, -0.2) is 4.98 Å². The maximum atomic E-state index is 12.9. The van der Waals surface area contributed by atoms with Crippen LogP contribution in [0.5, 0.6) is 0 Å². The van der Waals surface area contributed by atoms with E-state index >= 15 is 0 Å². The number of pyridine rings is 1. The zero-order valence-corrected chi connectivity index (χ0v) is 17.3. The van der Waals surface area contributed by atoms with E-state index in [1.165, 1.54) is 5.56 Å². The fraction of sp³-hybridized carbons (Fsp3) is 0.250. The van der Waals surface area contributed by atoms with Crippen molar-refractivity contribution in [3.8, 4) is 0 Å². The van der Waals surface area contributed by atoms with Crippen molar-refractivity contribution < 1.29 is 4.79 Å². The molecule has 0 saturated heterocycles. The third-order valence-electron chi connectivity index (χ3n) is 5.56. The van der Waals surface area contributed by atoms with E-state index in [2.05, 4.69) is 33.9 Å². The molecule has 0 aliphatic carbocycles. The second kappa shape index (κ2) is 7.59. The van der Waals surface area contributed by atoms with Gasteiger partial charge in [0.25, 0.3) is 5.91 Å². The van der Waals surface area contributed by atoms with Crippen LogP contribution in [0.3, 0.4) is 0 Å². The third-order valence-corrected chi connectivity index (χ3v) is 5.56. The maximum absolute atomic E-state index is 12.9. The van der Waals surface area contributed by atoms with Crippen molar-refractivity contribution in [1.29, 1.82) is 0 Å². The van der Waals surface area contributed by atoms with Gasteiger partial charge in [-0.15, -0.1) is 0 Å². The lowest BCUT2D eigenvalue weighted by molar-refractivity contribution is 0.0949. The largest absolute Gasteiger partial charge is 0.346 e. The highest BCUT2D eigenvalue weighted by Crippen LogP contribution is 2.25. The minimum absolute atomic E-state index is 0.0709. The summed E-state index contributed by atoms with van der Waals surface area (Å²) in [6, 6.07) is 16.5. The number of hydrogen-bond donors (Lipinski definition) is 1. The predicted molar refractivity (Wildman–Crippen MR) is 115 cm³/mol. The SMILES string of the molecule is Cc1cccn2cc(CNC(=O)c3cc(C)n(C(C)c4ccccc4)c3C)nc12. The van der Waals surface area contributed by atoms with Gasteiger partial charge < -0.3 is 14.3 Å². The highest BCUT2D eigenvalue weighted by Gasteiger charge is 2.19. The lowest BCUT2D eigenvalue weighted by Gasteiger charge is -2.19. The Morgan fingerprint density at radius 3 is 2.59 bits per heavy atom. The highest BCUT2D eigenvalue weighted by molar-refractivity contribution is 5.95. The van der Waals surface area contributed by atoms with Crippen molar-refractivity contribution >= 4 is 11.6 Å². The Hall–Kier alpha value is -3.34. The van der Waals surface area contributed by atoms with Crippen LogP contribution in [0.1, 0.15) is 51.5 Å². The number of nitrogens with zero attached hydrogens (tertiary/aromatic N) is 3. The van der Waals surface area contributed by atoms with Gasteiger partial charge in [-0.3, -0.25) is 4.79 Å².